The van der Waals surface area contributed by atoms with Crippen LogP contribution in [0, 0.1) is 6.92 Å². The summed E-state index contributed by atoms with van der Waals surface area (Å²) in [4.78, 5) is 12.7. The van der Waals surface area contributed by atoms with E-state index in [1.165, 1.54) is 19.2 Å². The van der Waals surface area contributed by atoms with Crippen molar-refractivity contribution in [3.63, 3.8) is 0 Å². The molecule has 33 heavy (non-hydrogen) atoms. The van der Waals surface area contributed by atoms with E-state index in [1.54, 1.807) is 68.6 Å². The third-order valence-electron chi connectivity index (χ3n) is 5.06. The molecule has 3 N–H and O–H groups in total. The number of ether oxygens (including phenoxy) is 2. The molecule has 0 aliphatic heterocycles. The molecule has 0 saturated heterocycles. The molecule has 1 atom stereocenters. The summed E-state index contributed by atoms with van der Waals surface area (Å²) >= 11 is 0. The Kier molecular flexibility index (Phi) is 7.57. The van der Waals surface area contributed by atoms with Crippen molar-refractivity contribution in [3.8, 4) is 11.5 Å². The summed E-state index contributed by atoms with van der Waals surface area (Å²) in [6.07, 6.45) is -0.927. The molecule has 174 valence electrons. The molecule has 3 aromatic rings. The molecule has 0 aromatic heterocycles. The minimum atomic E-state index is -3.92. The van der Waals surface area contributed by atoms with Gasteiger partial charge in [-0.25, -0.2) is 8.42 Å². The van der Waals surface area contributed by atoms with Crippen LogP contribution in [0.5, 0.6) is 11.5 Å². The van der Waals surface area contributed by atoms with Crippen LogP contribution in [-0.2, 0) is 10.0 Å². The van der Waals surface area contributed by atoms with Gasteiger partial charge in [0.15, 0.2) is 0 Å². The number of hydrogen-bond donors (Lipinski definition) is 3. The summed E-state index contributed by atoms with van der Waals surface area (Å²) in [5.74, 6) is 0.775. The van der Waals surface area contributed by atoms with Crippen molar-refractivity contribution in [1.29, 1.82) is 0 Å². The minimum Gasteiger partial charge on any atom is -0.497 e. The van der Waals surface area contributed by atoms with Crippen LogP contribution in [0.2, 0.25) is 0 Å². The first-order valence-corrected chi connectivity index (χ1v) is 11.6. The number of anilines is 1. The van der Waals surface area contributed by atoms with Gasteiger partial charge in [-0.2, -0.15) is 0 Å². The van der Waals surface area contributed by atoms with Gasteiger partial charge < -0.3 is 19.9 Å². The van der Waals surface area contributed by atoms with Crippen LogP contribution >= 0.6 is 0 Å². The molecule has 1 unspecified atom stereocenters. The summed E-state index contributed by atoms with van der Waals surface area (Å²) in [5.41, 5.74) is 1.79. The molecule has 3 rings (SSSR count). The maximum Gasteiger partial charge on any atom is 0.261 e. The van der Waals surface area contributed by atoms with E-state index in [1.807, 2.05) is 0 Å². The third kappa shape index (κ3) is 6.03. The number of benzene rings is 3. The molecule has 0 saturated carbocycles. The Morgan fingerprint density at radius 2 is 1.52 bits per heavy atom. The Balaban J connectivity index is 1.71. The Hall–Kier alpha value is -3.56. The molecule has 0 aliphatic rings. The first-order chi connectivity index (χ1) is 15.7. The standard InChI is InChI=1S/C24H26N2O6S/c1-16-4-13-21(33(29,30)26-18-7-11-20(32-3)12-8-18)14-22(16)24(28)25-15-23(27)17-5-9-19(31-2)10-6-17/h4-14,23,26-27H,15H2,1-3H3,(H,25,28). The van der Waals surface area contributed by atoms with Crippen molar-refractivity contribution >= 4 is 21.6 Å². The molecule has 8 nitrogen and oxygen atoms in total. The zero-order valence-electron chi connectivity index (χ0n) is 18.5. The quantitative estimate of drug-likeness (QED) is 0.442. The predicted molar refractivity (Wildman–Crippen MR) is 125 cm³/mol. The monoisotopic (exact) mass is 470 g/mol. The van der Waals surface area contributed by atoms with E-state index in [4.69, 9.17) is 9.47 Å². The number of amides is 1. The van der Waals surface area contributed by atoms with Gasteiger partial charge in [0, 0.05) is 17.8 Å². The van der Waals surface area contributed by atoms with Crippen molar-refractivity contribution in [3.05, 3.63) is 83.4 Å². The summed E-state index contributed by atoms with van der Waals surface area (Å²) < 4.78 is 38.3. The third-order valence-corrected chi connectivity index (χ3v) is 6.44. The highest BCUT2D eigenvalue weighted by Crippen LogP contribution is 2.22. The van der Waals surface area contributed by atoms with Gasteiger partial charge in [0.2, 0.25) is 0 Å². The van der Waals surface area contributed by atoms with Gasteiger partial charge in [-0.1, -0.05) is 18.2 Å². The number of sulfonamides is 1. The Labute approximate surface area is 193 Å². The lowest BCUT2D eigenvalue weighted by molar-refractivity contribution is 0.0915. The van der Waals surface area contributed by atoms with Gasteiger partial charge in [0.25, 0.3) is 15.9 Å². The maximum absolute atomic E-state index is 12.8. The number of rotatable bonds is 9. The van der Waals surface area contributed by atoms with Crippen LogP contribution in [0.25, 0.3) is 0 Å². The topological polar surface area (TPSA) is 114 Å². The van der Waals surface area contributed by atoms with E-state index < -0.39 is 22.0 Å². The van der Waals surface area contributed by atoms with Crippen LogP contribution in [0.1, 0.15) is 27.6 Å². The first-order valence-electron chi connectivity index (χ1n) is 10.1. The second-order valence-electron chi connectivity index (χ2n) is 7.31. The van der Waals surface area contributed by atoms with E-state index >= 15 is 0 Å². The molecule has 3 aromatic carbocycles. The van der Waals surface area contributed by atoms with Gasteiger partial charge in [0.1, 0.15) is 11.5 Å². The molecule has 9 heteroatoms. The lowest BCUT2D eigenvalue weighted by Gasteiger charge is -2.15. The fourth-order valence-electron chi connectivity index (χ4n) is 3.11. The van der Waals surface area contributed by atoms with Crippen LogP contribution in [0.4, 0.5) is 5.69 Å². The normalized spacial score (nSPS) is 12.0. The van der Waals surface area contributed by atoms with Gasteiger partial charge in [-0.3, -0.25) is 9.52 Å². The molecular formula is C24H26N2O6S. The van der Waals surface area contributed by atoms with E-state index in [9.17, 15) is 18.3 Å². The second-order valence-corrected chi connectivity index (χ2v) is 8.99. The van der Waals surface area contributed by atoms with Crippen LogP contribution in [0.3, 0.4) is 0 Å². The smallest absolute Gasteiger partial charge is 0.261 e. The fraction of sp³-hybridized carbons (Fsp3) is 0.208. The van der Waals surface area contributed by atoms with E-state index in [-0.39, 0.29) is 17.0 Å². The zero-order valence-corrected chi connectivity index (χ0v) is 19.3. The van der Waals surface area contributed by atoms with Crippen LogP contribution in [0.15, 0.2) is 71.6 Å². The molecule has 1 amide bonds. The molecular weight excluding hydrogens is 444 g/mol. The minimum absolute atomic E-state index is 0.0360. The van der Waals surface area contributed by atoms with Crippen molar-refractivity contribution in [2.24, 2.45) is 0 Å². The SMILES string of the molecule is COc1ccc(NS(=O)(=O)c2ccc(C)c(C(=O)NCC(O)c3ccc(OC)cc3)c2)cc1. The number of carbonyl (C=O) groups excluding carboxylic acids is 1. The van der Waals surface area contributed by atoms with Crippen LogP contribution in [-0.4, -0.2) is 40.2 Å². The first kappa shape index (κ1) is 24.1. The highest BCUT2D eigenvalue weighted by atomic mass is 32.2. The predicted octanol–water partition coefficient (Wildman–Crippen LogP) is 3.28. The average molecular weight is 471 g/mol. The lowest BCUT2D eigenvalue weighted by Crippen LogP contribution is -2.29. The highest BCUT2D eigenvalue weighted by molar-refractivity contribution is 7.92. The van der Waals surface area contributed by atoms with Crippen molar-refractivity contribution in [2.45, 2.75) is 17.9 Å². The van der Waals surface area contributed by atoms with Crippen molar-refractivity contribution < 1.29 is 27.8 Å². The number of hydrogen-bond acceptors (Lipinski definition) is 6. The van der Waals surface area contributed by atoms with Gasteiger partial charge >= 0.3 is 0 Å². The maximum atomic E-state index is 12.8. The second kappa shape index (κ2) is 10.4. The van der Waals surface area contributed by atoms with E-state index in [0.29, 0.717) is 28.3 Å². The Bertz CT molecular complexity index is 1210. The lowest BCUT2D eigenvalue weighted by atomic mass is 10.1. The van der Waals surface area contributed by atoms with Gasteiger partial charge in [-0.15, -0.1) is 0 Å². The number of methoxy groups -OCH3 is 2. The van der Waals surface area contributed by atoms with Crippen molar-refractivity contribution in [1.82, 2.24) is 5.32 Å². The summed E-state index contributed by atoms with van der Waals surface area (Å²) in [6.45, 7) is 1.67. The molecule has 0 bridgehead atoms. The van der Waals surface area contributed by atoms with Gasteiger partial charge in [0.05, 0.1) is 25.2 Å². The highest BCUT2D eigenvalue weighted by Gasteiger charge is 2.19. The van der Waals surface area contributed by atoms with Crippen molar-refractivity contribution in [2.75, 3.05) is 25.5 Å². The number of aliphatic hydroxyl groups excluding tert-OH is 1. The summed E-state index contributed by atoms with van der Waals surface area (Å²) in [7, 11) is -0.846. The fourth-order valence-corrected chi connectivity index (χ4v) is 4.20. The molecule has 0 aliphatic carbocycles. The largest absolute Gasteiger partial charge is 0.497 e. The van der Waals surface area contributed by atoms with Crippen LogP contribution < -0.4 is 19.5 Å². The Morgan fingerprint density at radius 1 is 0.939 bits per heavy atom. The zero-order chi connectivity index (χ0) is 24.0. The number of carbonyl (C=O) groups is 1. The Morgan fingerprint density at radius 3 is 2.09 bits per heavy atom. The molecule has 0 fully saturated rings. The number of nitrogens with one attached hydrogen (secondary N) is 2. The van der Waals surface area contributed by atoms with E-state index in [2.05, 4.69) is 10.0 Å². The molecule has 0 radical (unpaired) electrons. The van der Waals surface area contributed by atoms with E-state index in [0.717, 1.165) is 0 Å². The summed E-state index contributed by atoms with van der Waals surface area (Å²) in [5, 5.41) is 13.0. The number of aryl methyl sites for hydroxylation is 1. The van der Waals surface area contributed by atoms with Gasteiger partial charge in [-0.05, 0) is 66.6 Å². The molecule has 0 spiro atoms. The molecule has 0 heterocycles. The number of aliphatic hydroxyl groups is 1. The average Bonchev–Trinajstić information content (AvgIpc) is 2.82. The summed E-state index contributed by atoms with van der Waals surface area (Å²) in [6, 6.07) is 17.6.